The summed E-state index contributed by atoms with van der Waals surface area (Å²) in [6.45, 7) is 1.72. The van der Waals surface area contributed by atoms with Gasteiger partial charge in [-0.3, -0.25) is 4.79 Å². The number of aromatic hydroxyl groups is 1. The van der Waals surface area contributed by atoms with Crippen molar-refractivity contribution in [3.8, 4) is 5.88 Å². The van der Waals surface area contributed by atoms with Crippen LogP contribution in [0.3, 0.4) is 0 Å². The van der Waals surface area contributed by atoms with Crippen molar-refractivity contribution in [2.75, 3.05) is 26.7 Å². The van der Waals surface area contributed by atoms with E-state index in [4.69, 9.17) is 21.4 Å². The summed E-state index contributed by atoms with van der Waals surface area (Å²) in [6.07, 6.45) is 1.84. The number of nitrogens with zero attached hydrogens (tertiary/aromatic N) is 3. The molecule has 3 aromatic rings. The van der Waals surface area contributed by atoms with Gasteiger partial charge in [0.2, 0.25) is 0 Å². The summed E-state index contributed by atoms with van der Waals surface area (Å²) in [5, 5.41) is 19.2. The van der Waals surface area contributed by atoms with E-state index in [0.717, 1.165) is 42.4 Å². The molecule has 178 valence electrons. The van der Waals surface area contributed by atoms with Crippen LogP contribution >= 0.6 is 24.0 Å². The van der Waals surface area contributed by atoms with Gasteiger partial charge in [0.1, 0.15) is 11.4 Å². The monoisotopic (exact) mass is 501 g/mol. The van der Waals surface area contributed by atoms with Crippen LogP contribution in [-0.4, -0.2) is 65.1 Å². The normalized spacial score (nSPS) is 17.4. The van der Waals surface area contributed by atoms with Gasteiger partial charge in [-0.2, -0.15) is 0 Å². The van der Waals surface area contributed by atoms with Crippen molar-refractivity contribution in [3.05, 3.63) is 58.6 Å². The van der Waals surface area contributed by atoms with Crippen LogP contribution in [0.25, 0.3) is 10.9 Å². The molecule has 1 amide bonds. The number of hydrogen-bond acceptors (Lipinski definition) is 6. The van der Waals surface area contributed by atoms with E-state index >= 15 is 0 Å². The predicted octanol–water partition coefficient (Wildman–Crippen LogP) is 4.01. The minimum atomic E-state index is -0.208. The first-order valence-electron chi connectivity index (χ1n) is 10.9. The SMILES string of the molecule is CN1CCC(NC(=O)CO/N=C2/C(c3c(O)[nH]c4ccc(Cl)cc34)=Nc3ccccc32)CC1.Cl. The molecule has 0 atom stereocenters. The van der Waals surface area contributed by atoms with Crippen molar-refractivity contribution in [1.82, 2.24) is 15.2 Å². The number of piperidine rings is 1. The number of aromatic nitrogens is 1. The highest BCUT2D eigenvalue weighted by molar-refractivity contribution is 6.58. The maximum Gasteiger partial charge on any atom is 0.260 e. The Morgan fingerprint density at radius 2 is 2.06 bits per heavy atom. The van der Waals surface area contributed by atoms with Gasteiger partial charge in [-0.15, -0.1) is 12.4 Å². The van der Waals surface area contributed by atoms with E-state index in [1.54, 1.807) is 18.2 Å². The molecule has 1 saturated heterocycles. The summed E-state index contributed by atoms with van der Waals surface area (Å²) in [7, 11) is 2.08. The van der Waals surface area contributed by atoms with Gasteiger partial charge in [0.25, 0.3) is 5.91 Å². The largest absolute Gasteiger partial charge is 0.494 e. The molecule has 0 bridgehead atoms. The Kier molecular flexibility index (Phi) is 7.11. The number of hydrogen-bond donors (Lipinski definition) is 3. The van der Waals surface area contributed by atoms with Gasteiger partial charge in [-0.05, 0) is 57.2 Å². The number of carbonyl (C=O) groups excluding carboxylic acids is 1. The van der Waals surface area contributed by atoms with Crippen LogP contribution in [0, 0.1) is 0 Å². The van der Waals surface area contributed by atoms with E-state index in [1.165, 1.54) is 0 Å². The van der Waals surface area contributed by atoms with E-state index < -0.39 is 0 Å². The molecular formula is C24H25Cl2N5O3. The molecule has 5 rings (SSSR count). The molecule has 3 heterocycles. The first-order valence-corrected chi connectivity index (χ1v) is 11.2. The highest BCUT2D eigenvalue weighted by atomic mass is 35.5. The molecule has 0 radical (unpaired) electrons. The second-order valence-corrected chi connectivity index (χ2v) is 8.81. The second-order valence-electron chi connectivity index (χ2n) is 8.37. The average molecular weight is 502 g/mol. The summed E-state index contributed by atoms with van der Waals surface area (Å²) < 4.78 is 0. The van der Waals surface area contributed by atoms with Gasteiger partial charge in [-0.1, -0.05) is 35.0 Å². The highest BCUT2D eigenvalue weighted by Gasteiger charge is 2.29. The molecule has 34 heavy (non-hydrogen) atoms. The molecule has 0 saturated carbocycles. The smallest absolute Gasteiger partial charge is 0.260 e. The third-order valence-electron chi connectivity index (χ3n) is 6.03. The number of nitrogens with one attached hydrogen (secondary N) is 2. The number of carbonyl (C=O) groups is 1. The Labute approximate surface area is 208 Å². The summed E-state index contributed by atoms with van der Waals surface area (Å²) in [6, 6.07) is 13.0. The Bertz CT molecular complexity index is 1280. The Morgan fingerprint density at radius 1 is 1.29 bits per heavy atom. The molecule has 1 fully saturated rings. The number of likely N-dealkylation sites (tertiary alicyclic amines) is 1. The molecule has 0 aliphatic carbocycles. The van der Waals surface area contributed by atoms with Crippen molar-refractivity contribution in [3.63, 3.8) is 0 Å². The molecule has 1 aromatic heterocycles. The predicted molar refractivity (Wildman–Crippen MR) is 136 cm³/mol. The van der Waals surface area contributed by atoms with Crippen LogP contribution in [-0.2, 0) is 9.63 Å². The zero-order chi connectivity index (χ0) is 22.9. The van der Waals surface area contributed by atoms with Crippen LogP contribution in [0.5, 0.6) is 5.88 Å². The number of aliphatic imine (C=N–C) groups is 1. The fraction of sp³-hybridized carbons (Fsp3) is 0.292. The van der Waals surface area contributed by atoms with E-state index in [9.17, 15) is 9.90 Å². The number of amides is 1. The number of aromatic amines is 1. The van der Waals surface area contributed by atoms with Crippen molar-refractivity contribution in [2.24, 2.45) is 10.1 Å². The number of para-hydroxylation sites is 1. The third-order valence-corrected chi connectivity index (χ3v) is 6.26. The maximum atomic E-state index is 12.4. The molecular weight excluding hydrogens is 477 g/mol. The molecule has 2 aliphatic heterocycles. The van der Waals surface area contributed by atoms with Crippen molar-refractivity contribution in [2.45, 2.75) is 18.9 Å². The van der Waals surface area contributed by atoms with Gasteiger partial charge in [0.05, 0.1) is 11.3 Å². The molecule has 2 aliphatic rings. The van der Waals surface area contributed by atoms with Gasteiger partial charge in [-0.25, -0.2) is 4.99 Å². The summed E-state index contributed by atoms with van der Waals surface area (Å²) >= 11 is 6.20. The number of rotatable bonds is 5. The lowest BCUT2D eigenvalue weighted by molar-refractivity contribution is -0.126. The van der Waals surface area contributed by atoms with Crippen molar-refractivity contribution < 1.29 is 14.7 Å². The third kappa shape index (κ3) is 4.75. The van der Waals surface area contributed by atoms with E-state index in [0.29, 0.717) is 27.7 Å². The Hall–Kier alpha value is -3.07. The van der Waals surface area contributed by atoms with E-state index in [1.807, 2.05) is 24.3 Å². The zero-order valence-corrected chi connectivity index (χ0v) is 20.1. The Balaban J connectivity index is 0.00000274. The Morgan fingerprint density at radius 3 is 2.85 bits per heavy atom. The summed E-state index contributed by atoms with van der Waals surface area (Å²) in [5.74, 6) is -0.244. The fourth-order valence-electron chi connectivity index (χ4n) is 4.31. The lowest BCUT2D eigenvalue weighted by Crippen LogP contribution is -2.44. The number of H-pyrrole nitrogens is 1. The van der Waals surface area contributed by atoms with Crippen LogP contribution in [0.4, 0.5) is 5.69 Å². The van der Waals surface area contributed by atoms with E-state index in [2.05, 4.69) is 27.4 Å². The van der Waals surface area contributed by atoms with Crippen LogP contribution in [0.2, 0.25) is 5.02 Å². The van der Waals surface area contributed by atoms with Gasteiger partial charge >= 0.3 is 0 Å². The fourth-order valence-corrected chi connectivity index (χ4v) is 4.48. The summed E-state index contributed by atoms with van der Waals surface area (Å²) in [5.41, 5.74) is 3.59. The molecule has 0 unspecified atom stereocenters. The minimum absolute atomic E-state index is 0. The first-order chi connectivity index (χ1) is 16.0. The molecule has 2 aromatic carbocycles. The molecule has 3 N–H and O–H groups in total. The lowest BCUT2D eigenvalue weighted by atomic mass is 10.0. The summed E-state index contributed by atoms with van der Waals surface area (Å²) in [4.78, 5) is 27.7. The lowest BCUT2D eigenvalue weighted by Gasteiger charge is -2.29. The second kappa shape index (κ2) is 10.0. The van der Waals surface area contributed by atoms with Gasteiger partial charge < -0.3 is 25.1 Å². The average Bonchev–Trinajstić information content (AvgIpc) is 3.31. The number of fused-ring (bicyclic) bond motifs is 2. The highest BCUT2D eigenvalue weighted by Crippen LogP contribution is 2.36. The number of halogens is 2. The zero-order valence-electron chi connectivity index (χ0n) is 18.5. The minimum Gasteiger partial charge on any atom is -0.494 e. The topological polar surface area (TPSA) is 102 Å². The van der Waals surface area contributed by atoms with Crippen molar-refractivity contribution in [1.29, 1.82) is 0 Å². The molecule has 0 spiro atoms. The van der Waals surface area contributed by atoms with Crippen LogP contribution < -0.4 is 5.32 Å². The number of benzene rings is 2. The number of oxime groups is 1. The molecule has 10 heteroatoms. The van der Waals surface area contributed by atoms with Crippen LogP contribution in [0.15, 0.2) is 52.6 Å². The van der Waals surface area contributed by atoms with Crippen molar-refractivity contribution >= 4 is 57.9 Å². The first kappa shape index (κ1) is 24.1. The van der Waals surface area contributed by atoms with Crippen LogP contribution in [0.1, 0.15) is 24.0 Å². The van der Waals surface area contributed by atoms with Gasteiger partial charge in [0, 0.05) is 27.5 Å². The molecule has 8 nitrogen and oxygen atoms in total. The van der Waals surface area contributed by atoms with Gasteiger partial charge in [0.15, 0.2) is 12.5 Å². The standard InChI is InChI=1S/C24H24ClN5O3.ClH/c1-30-10-8-15(9-11-30)26-20(31)13-33-29-22-16-4-2-3-5-18(16)27-23(22)21-17-12-14(25)6-7-19(17)28-24(21)32;/h2-7,12,15,28,32H,8-11,13H2,1H3,(H,26,31);1H/b29-22+;. The quantitative estimate of drug-likeness (QED) is 0.459. The van der Waals surface area contributed by atoms with E-state index in [-0.39, 0.29) is 36.8 Å². The maximum absolute atomic E-state index is 12.4.